The lowest BCUT2D eigenvalue weighted by atomic mass is 10.1. The molecule has 0 atom stereocenters. The number of fused-ring (bicyclic) bond motifs is 1. The van der Waals surface area contributed by atoms with Gasteiger partial charge in [-0.25, -0.2) is 4.79 Å². The highest BCUT2D eigenvalue weighted by atomic mass is 32.1. The average Bonchev–Trinajstić information content (AvgIpc) is 2.70. The fourth-order valence-corrected chi connectivity index (χ4v) is 3.47. The quantitative estimate of drug-likeness (QED) is 0.597. The number of morpholine rings is 1. The van der Waals surface area contributed by atoms with Gasteiger partial charge in [0.1, 0.15) is 0 Å². The van der Waals surface area contributed by atoms with Gasteiger partial charge in [0.25, 0.3) is 0 Å². The second-order valence-electron chi connectivity index (χ2n) is 6.30. The van der Waals surface area contributed by atoms with Crippen molar-refractivity contribution in [2.45, 2.75) is 4.90 Å². The molecule has 27 heavy (non-hydrogen) atoms. The number of carboxylic acid groups (broad SMARTS) is 1. The van der Waals surface area contributed by atoms with Gasteiger partial charge in [0.05, 0.1) is 35.7 Å². The third kappa shape index (κ3) is 3.56. The Labute approximate surface area is 162 Å². The van der Waals surface area contributed by atoms with Gasteiger partial charge in [-0.3, -0.25) is 4.98 Å². The topological polar surface area (TPSA) is 74.7 Å². The minimum absolute atomic E-state index is 0.208. The van der Waals surface area contributed by atoms with E-state index in [1.54, 1.807) is 30.5 Å². The zero-order valence-corrected chi connectivity index (χ0v) is 15.4. The van der Waals surface area contributed by atoms with Crippen LogP contribution in [-0.4, -0.2) is 42.4 Å². The summed E-state index contributed by atoms with van der Waals surface area (Å²) in [6.07, 6.45) is 1.67. The number of aromatic carboxylic acids is 1. The molecule has 0 radical (unpaired) electrons. The summed E-state index contributed by atoms with van der Waals surface area (Å²) < 4.78 is 5.43. The van der Waals surface area contributed by atoms with Gasteiger partial charge in [-0.2, -0.15) is 0 Å². The highest BCUT2D eigenvalue weighted by Crippen LogP contribution is 2.34. The van der Waals surface area contributed by atoms with Gasteiger partial charge >= 0.3 is 5.97 Å². The summed E-state index contributed by atoms with van der Waals surface area (Å²) in [4.78, 5) is 18.9. The summed E-state index contributed by atoms with van der Waals surface area (Å²) in [6, 6.07) is 12.9. The first-order chi connectivity index (χ1) is 13.1. The number of benzene rings is 2. The number of hydrogen-bond acceptors (Lipinski definition) is 6. The number of rotatable bonds is 4. The number of thiol groups is 1. The minimum atomic E-state index is -0.980. The number of anilines is 3. The van der Waals surface area contributed by atoms with E-state index in [9.17, 15) is 9.90 Å². The molecular formula is C20H19N3O3S. The molecule has 0 bridgehead atoms. The minimum Gasteiger partial charge on any atom is -0.478 e. The van der Waals surface area contributed by atoms with E-state index in [0.717, 1.165) is 35.4 Å². The first-order valence-electron chi connectivity index (χ1n) is 8.67. The van der Waals surface area contributed by atoms with E-state index < -0.39 is 5.97 Å². The maximum absolute atomic E-state index is 11.5. The third-order valence-corrected chi connectivity index (χ3v) is 4.96. The molecule has 1 fully saturated rings. The number of para-hydroxylation sites is 1. The van der Waals surface area contributed by atoms with Gasteiger partial charge in [0.2, 0.25) is 0 Å². The largest absolute Gasteiger partial charge is 0.478 e. The SMILES string of the molecule is O=C(O)c1ccccc1Nc1c(S)cnc2ccc(N3CCOCC3)cc12. The number of carbonyl (C=O) groups is 1. The van der Waals surface area contributed by atoms with E-state index in [1.165, 1.54) is 0 Å². The van der Waals surface area contributed by atoms with Crippen molar-refractivity contribution in [1.29, 1.82) is 0 Å². The Morgan fingerprint density at radius 2 is 1.96 bits per heavy atom. The molecule has 138 valence electrons. The molecule has 6 nitrogen and oxygen atoms in total. The lowest BCUT2D eigenvalue weighted by Crippen LogP contribution is -2.36. The summed E-state index contributed by atoms with van der Waals surface area (Å²) in [6.45, 7) is 3.09. The molecule has 1 aromatic heterocycles. The number of nitrogens with one attached hydrogen (secondary N) is 1. The number of pyridine rings is 1. The van der Waals surface area contributed by atoms with E-state index in [4.69, 9.17) is 4.74 Å². The summed E-state index contributed by atoms with van der Waals surface area (Å²) in [7, 11) is 0. The molecule has 0 amide bonds. The van der Waals surface area contributed by atoms with Crippen molar-refractivity contribution in [3.05, 3.63) is 54.2 Å². The van der Waals surface area contributed by atoms with E-state index in [-0.39, 0.29) is 5.56 Å². The van der Waals surface area contributed by atoms with Gasteiger partial charge in [0.15, 0.2) is 0 Å². The summed E-state index contributed by atoms with van der Waals surface area (Å²) in [5, 5.41) is 13.6. The number of hydrogen-bond donors (Lipinski definition) is 3. The van der Waals surface area contributed by atoms with Crippen molar-refractivity contribution in [1.82, 2.24) is 4.98 Å². The van der Waals surface area contributed by atoms with Crippen LogP contribution in [-0.2, 0) is 4.74 Å². The number of nitrogens with zero attached hydrogens (tertiary/aromatic N) is 2. The van der Waals surface area contributed by atoms with Gasteiger partial charge in [-0.1, -0.05) is 12.1 Å². The fraction of sp³-hybridized carbons (Fsp3) is 0.200. The van der Waals surface area contributed by atoms with E-state index in [2.05, 4.69) is 33.9 Å². The first-order valence-corrected chi connectivity index (χ1v) is 9.12. The Morgan fingerprint density at radius 1 is 1.19 bits per heavy atom. The second-order valence-corrected chi connectivity index (χ2v) is 6.78. The predicted molar refractivity (Wildman–Crippen MR) is 109 cm³/mol. The van der Waals surface area contributed by atoms with Gasteiger partial charge < -0.3 is 20.1 Å². The van der Waals surface area contributed by atoms with Crippen molar-refractivity contribution in [2.75, 3.05) is 36.5 Å². The van der Waals surface area contributed by atoms with E-state index in [1.807, 2.05) is 12.1 Å². The zero-order valence-electron chi connectivity index (χ0n) is 14.6. The van der Waals surface area contributed by atoms with E-state index >= 15 is 0 Å². The van der Waals surface area contributed by atoms with Crippen molar-refractivity contribution in [3.8, 4) is 0 Å². The Balaban J connectivity index is 1.79. The maximum Gasteiger partial charge on any atom is 0.337 e. The van der Waals surface area contributed by atoms with Crippen LogP contribution >= 0.6 is 12.6 Å². The van der Waals surface area contributed by atoms with Crippen LogP contribution in [0, 0.1) is 0 Å². The van der Waals surface area contributed by atoms with Crippen LogP contribution < -0.4 is 10.2 Å². The monoisotopic (exact) mass is 381 g/mol. The molecule has 0 aliphatic carbocycles. The van der Waals surface area contributed by atoms with Gasteiger partial charge in [-0.15, -0.1) is 12.6 Å². The average molecular weight is 381 g/mol. The number of carboxylic acids is 1. The predicted octanol–water partition coefficient (Wildman–Crippen LogP) is 3.80. The molecule has 1 aliphatic rings. The van der Waals surface area contributed by atoms with Crippen molar-refractivity contribution >= 4 is 46.6 Å². The number of aromatic nitrogens is 1. The maximum atomic E-state index is 11.5. The standard InChI is InChI=1S/C20H19N3O3S/c24-20(25)14-3-1-2-4-17(14)22-19-15-11-13(23-7-9-26-10-8-23)5-6-16(15)21-12-18(19)27/h1-6,11-12,27H,7-10H2,(H,21,22)(H,24,25). The Morgan fingerprint density at radius 3 is 2.74 bits per heavy atom. The van der Waals surface area contributed by atoms with E-state index in [0.29, 0.717) is 23.8 Å². The molecule has 2 heterocycles. The van der Waals surface area contributed by atoms with Crippen LogP contribution in [0.15, 0.2) is 53.6 Å². The molecule has 2 aromatic carbocycles. The van der Waals surface area contributed by atoms with Gasteiger partial charge in [0, 0.05) is 35.3 Å². The summed E-state index contributed by atoms with van der Waals surface area (Å²) in [5.74, 6) is -0.980. The molecular weight excluding hydrogens is 362 g/mol. The van der Waals surface area contributed by atoms with Gasteiger partial charge in [-0.05, 0) is 30.3 Å². The van der Waals surface area contributed by atoms with Crippen LogP contribution in [0.25, 0.3) is 10.9 Å². The van der Waals surface area contributed by atoms with Crippen LogP contribution in [0.2, 0.25) is 0 Å². The molecule has 0 saturated carbocycles. The second kappa shape index (κ2) is 7.46. The van der Waals surface area contributed by atoms with Crippen LogP contribution in [0.3, 0.4) is 0 Å². The Kier molecular flexibility index (Phi) is 4.87. The summed E-state index contributed by atoms with van der Waals surface area (Å²) in [5.41, 5.74) is 3.37. The molecule has 3 aromatic rings. The highest BCUT2D eigenvalue weighted by molar-refractivity contribution is 7.80. The summed E-state index contributed by atoms with van der Waals surface area (Å²) >= 11 is 4.55. The molecule has 1 aliphatic heterocycles. The molecule has 2 N–H and O–H groups in total. The van der Waals surface area contributed by atoms with Crippen molar-refractivity contribution < 1.29 is 14.6 Å². The highest BCUT2D eigenvalue weighted by Gasteiger charge is 2.16. The molecule has 7 heteroatoms. The molecule has 0 unspecified atom stereocenters. The zero-order chi connectivity index (χ0) is 18.8. The Bertz CT molecular complexity index is 1000. The molecule has 4 rings (SSSR count). The van der Waals surface area contributed by atoms with Crippen molar-refractivity contribution in [3.63, 3.8) is 0 Å². The van der Waals surface area contributed by atoms with Crippen molar-refractivity contribution in [2.24, 2.45) is 0 Å². The fourth-order valence-electron chi connectivity index (χ4n) is 3.23. The van der Waals surface area contributed by atoms with Crippen LogP contribution in [0.4, 0.5) is 17.1 Å². The third-order valence-electron chi connectivity index (χ3n) is 4.62. The number of ether oxygens (including phenoxy) is 1. The molecule has 0 spiro atoms. The smallest absolute Gasteiger partial charge is 0.337 e. The van der Waals surface area contributed by atoms with Crippen LogP contribution in [0.5, 0.6) is 0 Å². The first kappa shape index (κ1) is 17.6. The van der Waals surface area contributed by atoms with Crippen LogP contribution in [0.1, 0.15) is 10.4 Å². The molecule has 1 saturated heterocycles. The Hall–Kier alpha value is -2.77. The lowest BCUT2D eigenvalue weighted by molar-refractivity contribution is 0.0698. The lowest BCUT2D eigenvalue weighted by Gasteiger charge is -2.29. The normalized spacial score (nSPS) is 14.3.